The van der Waals surface area contributed by atoms with Gasteiger partial charge in [0.25, 0.3) is 0 Å². The first-order valence-electron chi connectivity index (χ1n) is 5.95. The molecule has 0 spiro atoms. The van der Waals surface area contributed by atoms with Crippen LogP contribution in [0.15, 0.2) is 30.6 Å². The molecule has 1 aromatic heterocycles. The van der Waals surface area contributed by atoms with Crippen LogP contribution in [0.5, 0.6) is 0 Å². The summed E-state index contributed by atoms with van der Waals surface area (Å²) >= 11 is 0. The maximum atomic E-state index is 13.4. The van der Waals surface area contributed by atoms with Crippen molar-refractivity contribution in [3.05, 3.63) is 47.5 Å². The summed E-state index contributed by atoms with van der Waals surface area (Å²) in [7, 11) is 0. The van der Waals surface area contributed by atoms with E-state index in [0.717, 1.165) is 17.5 Å². The van der Waals surface area contributed by atoms with E-state index in [-0.39, 0.29) is 12.4 Å². The topological polar surface area (TPSA) is 46.0 Å². The summed E-state index contributed by atoms with van der Waals surface area (Å²) in [5.41, 5.74) is 2.32. The Balaban J connectivity index is 2.34. The molecule has 4 heteroatoms. The number of aromatic nitrogens is 2. The molecule has 0 aliphatic heterocycles. The number of aryl methyl sites for hydroxylation is 1. The monoisotopic (exact) mass is 246 g/mol. The predicted molar refractivity (Wildman–Crippen MR) is 67.6 cm³/mol. The fraction of sp³-hybridized carbons (Fsp3) is 0.286. The van der Waals surface area contributed by atoms with Gasteiger partial charge >= 0.3 is 0 Å². The summed E-state index contributed by atoms with van der Waals surface area (Å²) in [6.07, 6.45) is 4.74. The maximum absolute atomic E-state index is 13.4. The van der Waals surface area contributed by atoms with Gasteiger partial charge in [-0.05, 0) is 42.2 Å². The molecule has 1 heterocycles. The van der Waals surface area contributed by atoms with Gasteiger partial charge in [-0.25, -0.2) is 14.4 Å². The van der Waals surface area contributed by atoms with Crippen LogP contribution in [0.3, 0.4) is 0 Å². The Labute approximate surface area is 105 Å². The number of nitrogens with zero attached hydrogens (tertiary/aromatic N) is 2. The Morgan fingerprint density at radius 2 is 1.94 bits per heavy atom. The molecule has 0 bridgehead atoms. The zero-order chi connectivity index (χ0) is 13.0. The Bertz CT molecular complexity index is 526. The molecule has 1 aromatic carbocycles. The van der Waals surface area contributed by atoms with Crippen LogP contribution >= 0.6 is 0 Å². The van der Waals surface area contributed by atoms with Gasteiger partial charge in [-0.15, -0.1) is 0 Å². The number of benzene rings is 1. The quantitative estimate of drug-likeness (QED) is 0.901. The third-order valence-electron chi connectivity index (χ3n) is 2.80. The molecule has 0 unspecified atom stereocenters. The highest BCUT2D eigenvalue weighted by Gasteiger charge is 2.06. The molecular formula is C14H15FN2O. The third kappa shape index (κ3) is 2.71. The second-order valence-corrected chi connectivity index (χ2v) is 4.05. The van der Waals surface area contributed by atoms with Gasteiger partial charge in [0.05, 0.1) is 0 Å². The zero-order valence-corrected chi connectivity index (χ0v) is 10.2. The lowest BCUT2D eigenvalue weighted by Crippen LogP contribution is -1.97. The lowest BCUT2D eigenvalue weighted by atomic mass is 10.1. The molecule has 94 valence electrons. The summed E-state index contributed by atoms with van der Waals surface area (Å²) in [4.78, 5) is 8.51. The van der Waals surface area contributed by atoms with E-state index in [2.05, 4.69) is 9.97 Å². The lowest BCUT2D eigenvalue weighted by Gasteiger charge is -2.05. The largest absolute Gasteiger partial charge is 0.396 e. The Hall–Kier alpha value is -1.81. The number of aliphatic hydroxyl groups is 1. The minimum Gasteiger partial charge on any atom is -0.396 e. The number of hydrogen-bond acceptors (Lipinski definition) is 3. The van der Waals surface area contributed by atoms with Crippen LogP contribution in [0.1, 0.15) is 18.1 Å². The van der Waals surface area contributed by atoms with Crippen molar-refractivity contribution in [1.82, 2.24) is 9.97 Å². The first kappa shape index (κ1) is 12.6. The van der Waals surface area contributed by atoms with E-state index in [1.165, 1.54) is 6.07 Å². The molecule has 3 nitrogen and oxygen atoms in total. The molecule has 18 heavy (non-hydrogen) atoms. The highest BCUT2D eigenvalue weighted by Crippen LogP contribution is 2.19. The summed E-state index contributed by atoms with van der Waals surface area (Å²) in [5, 5.41) is 8.88. The fourth-order valence-corrected chi connectivity index (χ4v) is 1.71. The van der Waals surface area contributed by atoms with Crippen LogP contribution in [0.2, 0.25) is 0 Å². The smallest absolute Gasteiger partial charge is 0.159 e. The molecule has 0 aliphatic rings. The average Bonchev–Trinajstić information content (AvgIpc) is 2.42. The second-order valence-electron chi connectivity index (χ2n) is 4.05. The van der Waals surface area contributed by atoms with E-state index in [1.807, 2.05) is 6.92 Å². The van der Waals surface area contributed by atoms with Crippen molar-refractivity contribution in [2.24, 2.45) is 0 Å². The first-order valence-corrected chi connectivity index (χ1v) is 5.95. The predicted octanol–water partition coefficient (Wildman–Crippen LogP) is 2.38. The van der Waals surface area contributed by atoms with Crippen LogP contribution < -0.4 is 0 Å². The molecule has 2 rings (SSSR count). The van der Waals surface area contributed by atoms with Gasteiger partial charge in [0.15, 0.2) is 5.82 Å². The number of hydrogen-bond donors (Lipinski definition) is 1. The summed E-state index contributed by atoms with van der Waals surface area (Å²) in [6.45, 7) is 1.96. The minimum atomic E-state index is -0.307. The van der Waals surface area contributed by atoms with Crippen molar-refractivity contribution in [3.8, 4) is 11.4 Å². The number of aliphatic hydroxyl groups excluding tert-OH is 1. The van der Waals surface area contributed by atoms with Crippen LogP contribution in [0.4, 0.5) is 4.39 Å². The van der Waals surface area contributed by atoms with E-state index in [0.29, 0.717) is 17.8 Å². The van der Waals surface area contributed by atoms with Gasteiger partial charge in [0, 0.05) is 24.6 Å². The molecule has 0 saturated heterocycles. The summed E-state index contributed by atoms with van der Waals surface area (Å²) < 4.78 is 13.4. The van der Waals surface area contributed by atoms with Gasteiger partial charge in [0.1, 0.15) is 5.82 Å². The highest BCUT2D eigenvalue weighted by atomic mass is 19.1. The summed E-state index contributed by atoms with van der Waals surface area (Å²) in [6, 6.07) is 4.72. The standard InChI is InChI=1S/C14H15FN2O/c1-2-10-8-16-14(17-9-10)12-3-4-13(15)11(7-12)5-6-18/h3-4,7-9,18H,2,5-6H2,1H3. The molecule has 0 radical (unpaired) electrons. The molecule has 0 saturated carbocycles. The number of rotatable bonds is 4. The molecular weight excluding hydrogens is 231 g/mol. The molecule has 0 atom stereocenters. The highest BCUT2D eigenvalue weighted by molar-refractivity contribution is 5.56. The van der Waals surface area contributed by atoms with E-state index in [4.69, 9.17) is 5.11 Å². The van der Waals surface area contributed by atoms with Crippen LogP contribution in [0.25, 0.3) is 11.4 Å². The van der Waals surface area contributed by atoms with Crippen molar-refractivity contribution in [2.45, 2.75) is 19.8 Å². The molecule has 0 amide bonds. The van der Waals surface area contributed by atoms with Crippen LogP contribution in [0, 0.1) is 5.82 Å². The molecule has 1 N–H and O–H groups in total. The van der Waals surface area contributed by atoms with E-state index in [1.54, 1.807) is 24.5 Å². The van der Waals surface area contributed by atoms with Gasteiger partial charge in [-0.2, -0.15) is 0 Å². The first-order chi connectivity index (χ1) is 8.74. The maximum Gasteiger partial charge on any atom is 0.159 e. The van der Waals surface area contributed by atoms with E-state index < -0.39 is 0 Å². The Morgan fingerprint density at radius 1 is 1.22 bits per heavy atom. The molecule has 2 aromatic rings. The van der Waals surface area contributed by atoms with E-state index >= 15 is 0 Å². The second kappa shape index (κ2) is 5.69. The lowest BCUT2D eigenvalue weighted by molar-refractivity contribution is 0.297. The molecule has 0 aliphatic carbocycles. The fourth-order valence-electron chi connectivity index (χ4n) is 1.71. The van der Waals surface area contributed by atoms with Gasteiger partial charge in [-0.3, -0.25) is 0 Å². The van der Waals surface area contributed by atoms with Gasteiger partial charge < -0.3 is 5.11 Å². The van der Waals surface area contributed by atoms with Crippen molar-refractivity contribution in [2.75, 3.05) is 6.61 Å². The van der Waals surface area contributed by atoms with Crippen molar-refractivity contribution >= 4 is 0 Å². The Morgan fingerprint density at radius 3 is 2.56 bits per heavy atom. The Kier molecular flexibility index (Phi) is 3.99. The van der Waals surface area contributed by atoms with Gasteiger partial charge in [-0.1, -0.05) is 6.92 Å². The SMILES string of the molecule is CCc1cnc(-c2ccc(F)c(CCO)c2)nc1. The minimum absolute atomic E-state index is 0.0734. The van der Waals surface area contributed by atoms with E-state index in [9.17, 15) is 4.39 Å². The molecule has 0 fully saturated rings. The normalized spacial score (nSPS) is 10.6. The third-order valence-corrected chi connectivity index (χ3v) is 2.80. The number of halogens is 1. The van der Waals surface area contributed by atoms with Crippen molar-refractivity contribution < 1.29 is 9.50 Å². The van der Waals surface area contributed by atoms with Crippen LogP contribution in [-0.2, 0) is 12.8 Å². The van der Waals surface area contributed by atoms with Gasteiger partial charge in [0.2, 0.25) is 0 Å². The van der Waals surface area contributed by atoms with Crippen molar-refractivity contribution in [1.29, 1.82) is 0 Å². The van der Waals surface area contributed by atoms with Crippen molar-refractivity contribution in [3.63, 3.8) is 0 Å². The zero-order valence-electron chi connectivity index (χ0n) is 10.2. The average molecular weight is 246 g/mol. The van der Waals surface area contributed by atoms with Crippen LogP contribution in [-0.4, -0.2) is 21.7 Å². The summed E-state index contributed by atoms with van der Waals surface area (Å²) in [5.74, 6) is 0.268.